The first-order chi connectivity index (χ1) is 6.56. The summed E-state index contributed by atoms with van der Waals surface area (Å²) in [5.41, 5.74) is 0. The average molecular weight is 256 g/mol. The summed E-state index contributed by atoms with van der Waals surface area (Å²) in [6.45, 7) is 0. The molecule has 0 N–H and O–H groups in total. The number of aromatic nitrogens is 1. The molecule has 1 rings (SSSR count). The minimum Gasteiger partial charge on any atom is -0.431 e. The van der Waals surface area contributed by atoms with Crippen LogP contribution in [0.4, 0.5) is 0 Å². The number of carbonyl (C=O) groups is 1. The normalized spacial score (nSPS) is 10.8. The van der Waals surface area contributed by atoms with Crippen molar-refractivity contribution in [3.05, 3.63) is 24.4 Å². The van der Waals surface area contributed by atoms with Gasteiger partial charge >= 0.3 is 10.5 Å². The summed E-state index contributed by atoms with van der Waals surface area (Å²) in [7, 11) is 0. The molecule has 0 amide bonds. The Bertz CT molecular complexity index is 317. The zero-order valence-electron chi connectivity index (χ0n) is 6.62. The summed E-state index contributed by atoms with van der Waals surface area (Å²) in [5, 5.41) is 0. The summed E-state index contributed by atoms with van der Waals surface area (Å²) >= 11 is 15.7. The van der Waals surface area contributed by atoms with Gasteiger partial charge in [-0.05, 0) is 29.3 Å². The molecule has 0 saturated carbocycles. The monoisotopic (exact) mass is 255 g/mol. The molecule has 4 nitrogen and oxygen atoms in total. The summed E-state index contributed by atoms with van der Waals surface area (Å²) < 4.78 is 6.42. The highest BCUT2D eigenvalue weighted by molar-refractivity contribution is 6.57. The second-order valence-electron chi connectivity index (χ2n) is 2.15. The van der Waals surface area contributed by atoms with Gasteiger partial charge in [-0.3, -0.25) is 0 Å². The van der Waals surface area contributed by atoms with Crippen LogP contribution in [0.25, 0.3) is 0 Å². The maximum absolute atomic E-state index is 10.9. The van der Waals surface area contributed by atoms with Crippen molar-refractivity contribution < 1.29 is 13.8 Å². The SMILES string of the molecule is O=C(OCl)C(Cl)(Cl)Oc1ccccn1. The van der Waals surface area contributed by atoms with E-state index in [-0.39, 0.29) is 5.88 Å². The molecule has 0 aliphatic carbocycles. The fourth-order valence-electron chi connectivity index (χ4n) is 0.625. The van der Waals surface area contributed by atoms with Gasteiger partial charge in [0, 0.05) is 12.3 Å². The third-order valence-electron chi connectivity index (χ3n) is 1.18. The van der Waals surface area contributed by atoms with E-state index in [1.807, 2.05) is 0 Å². The standard InChI is InChI=1S/C7H4Cl3NO3/c8-7(9,6(12)14-10)13-5-3-1-2-4-11-5/h1-4H. The van der Waals surface area contributed by atoms with Gasteiger partial charge in [0.25, 0.3) is 0 Å². The predicted octanol–water partition coefficient (Wildman–Crippen LogP) is 2.29. The molecule has 0 atom stereocenters. The van der Waals surface area contributed by atoms with Crippen LogP contribution < -0.4 is 4.74 Å². The molecule has 0 aromatic carbocycles. The molecule has 0 saturated heterocycles. The lowest BCUT2D eigenvalue weighted by Gasteiger charge is -2.15. The molecular formula is C7H4Cl3NO3. The lowest BCUT2D eigenvalue weighted by atomic mass is 10.5. The van der Waals surface area contributed by atoms with E-state index in [0.29, 0.717) is 0 Å². The van der Waals surface area contributed by atoms with Gasteiger partial charge in [0.1, 0.15) is 11.9 Å². The number of nitrogens with zero attached hydrogens (tertiary/aromatic N) is 1. The molecule has 0 spiro atoms. The van der Waals surface area contributed by atoms with Crippen LogP contribution in [-0.2, 0) is 9.08 Å². The van der Waals surface area contributed by atoms with Crippen LogP contribution in [0.5, 0.6) is 5.88 Å². The Balaban J connectivity index is 2.73. The van der Waals surface area contributed by atoms with Gasteiger partial charge in [-0.15, -0.1) is 0 Å². The molecule has 1 aromatic rings. The number of carbonyl (C=O) groups excluding carboxylic acids is 1. The molecule has 0 bridgehead atoms. The second kappa shape index (κ2) is 4.68. The van der Waals surface area contributed by atoms with E-state index in [1.54, 1.807) is 12.1 Å². The Labute approximate surface area is 94.9 Å². The van der Waals surface area contributed by atoms with E-state index in [2.05, 4.69) is 9.27 Å². The fourth-order valence-corrected chi connectivity index (χ4v) is 1.05. The summed E-state index contributed by atoms with van der Waals surface area (Å²) in [4.78, 5) is 14.6. The first kappa shape index (κ1) is 11.4. The number of hydrogen-bond acceptors (Lipinski definition) is 4. The highest BCUT2D eigenvalue weighted by atomic mass is 35.5. The summed E-state index contributed by atoms with van der Waals surface area (Å²) in [5.74, 6) is -1.05. The number of ether oxygens (including phenoxy) is 1. The van der Waals surface area contributed by atoms with Crippen LogP contribution in [0.1, 0.15) is 0 Å². The van der Waals surface area contributed by atoms with Gasteiger partial charge in [0.15, 0.2) is 0 Å². The molecule has 0 aliphatic rings. The Morgan fingerprint density at radius 3 is 2.64 bits per heavy atom. The van der Waals surface area contributed by atoms with Crippen molar-refractivity contribution in [2.75, 3.05) is 0 Å². The average Bonchev–Trinajstić information content (AvgIpc) is 2.17. The molecular weight excluding hydrogens is 252 g/mol. The van der Waals surface area contributed by atoms with E-state index < -0.39 is 10.5 Å². The Kier molecular flexibility index (Phi) is 3.80. The van der Waals surface area contributed by atoms with Gasteiger partial charge in [-0.2, -0.15) is 0 Å². The minimum atomic E-state index is -2.20. The van der Waals surface area contributed by atoms with Crippen LogP contribution in [0, 0.1) is 0 Å². The van der Waals surface area contributed by atoms with Gasteiger partial charge in [-0.25, -0.2) is 9.78 Å². The number of pyridine rings is 1. The molecule has 0 fully saturated rings. The fraction of sp³-hybridized carbons (Fsp3) is 0.143. The first-order valence-electron chi connectivity index (χ1n) is 3.37. The molecule has 76 valence electrons. The van der Waals surface area contributed by atoms with E-state index in [0.717, 1.165) is 0 Å². The van der Waals surface area contributed by atoms with Crippen LogP contribution in [0.15, 0.2) is 24.4 Å². The molecule has 14 heavy (non-hydrogen) atoms. The van der Waals surface area contributed by atoms with Crippen LogP contribution >= 0.6 is 35.1 Å². The largest absolute Gasteiger partial charge is 0.431 e. The van der Waals surface area contributed by atoms with Crippen LogP contribution in [-0.4, -0.2) is 15.5 Å². The molecule has 0 aliphatic heterocycles. The van der Waals surface area contributed by atoms with Gasteiger partial charge in [0.2, 0.25) is 5.88 Å². The van der Waals surface area contributed by atoms with Gasteiger partial charge < -0.3 is 9.03 Å². The van der Waals surface area contributed by atoms with Crippen molar-refractivity contribution >= 4 is 41.0 Å². The Morgan fingerprint density at radius 2 is 2.14 bits per heavy atom. The van der Waals surface area contributed by atoms with Crippen molar-refractivity contribution in [3.8, 4) is 5.88 Å². The molecule has 0 radical (unpaired) electrons. The molecule has 0 unspecified atom stereocenters. The number of hydrogen-bond donors (Lipinski definition) is 0. The van der Waals surface area contributed by atoms with Crippen molar-refractivity contribution in [2.24, 2.45) is 0 Å². The number of halogens is 3. The molecule has 7 heteroatoms. The highest BCUT2D eigenvalue weighted by Crippen LogP contribution is 2.26. The smallest absolute Gasteiger partial charge is 0.401 e. The second-order valence-corrected chi connectivity index (χ2v) is 3.56. The number of rotatable bonds is 3. The summed E-state index contributed by atoms with van der Waals surface area (Å²) in [6.07, 6.45) is 1.45. The van der Waals surface area contributed by atoms with E-state index >= 15 is 0 Å². The lowest BCUT2D eigenvalue weighted by molar-refractivity contribution is -0.140. The minimum absolute atomic E-state index is 0.0829. The maximum atomic E-state index is 10.9. The topological polar surface area (TPSA) is 48.4 Å². The highest BCUT2D eigenvalue weighted by Gasteiger charge is 2.39. The number of alkyl halides is 2. The van der Waals surface area contributed by atoms with Crippen molar-refractivity contribution in [3.63, 3.8) is 0 Å². The third kappa shape index (κ3) is 2.90. The van der Waals surface area contributed by atoms with Crippen LogP contribution in [0.2, 0.25) is 0 Å². The van der Waals surface area contributed by atoms with Gasteiger partial charge in [-0.1, -0.05) is 6.07 Å². The molecule has 1 aromatic heterocycles. The van der Waals surface area contributed by atoms with E-state index in [1.165, 1.54) is 12.3 Å². The van der Waals surface area contributed by atoms with Crippen LogP contribution in [0.3, 0.4) is 0 Å². The maximum Gasteiger partial charge on any atom is 0.401 e. The summed E-state index contributed by atoms with van der Waals surface area (Å²) in [6, 6.07) is 4.77. The Hall–Kier alpha value is -0.710. The van der Waals surface area contributed by atoms with E-state index in [4.69, 9.17) is 39.8 Å². The van der Waals surface area contributed by atoms with E-state index in [9.17, 15) is 4.79 Å². The van der Waals surface area contributed by atoms with Crippen molar-refractivity contribution in [2.45, 2.75) is 4.52 Å². The Morgan fingerprint density at radius 1 is 1.43 bits per heavy atom. The third-order valence-corrected chi connectivity index (χ3v) is 1.78. The quantitative estimate of drug-likeness (QED) is 0.779. The zero-order valence-corrected chi connectivity index (χ0v) is 8.88. The van der Waals surface area contributed by atoms with Crippen molar-refractivity contribution in [1.29, 1.82) is 0 Å². The first-order valence-corrected chi connectivity index (χ1v) is 4.43. The van der Waals surface area contributed by atoms with Gasteiger partial charge in [0.05, 0.1) is 0 Å². The van der Waals surface area contributed by atoms with Crippen molar-refractivity contribution in [1.82, 2.24) is 4.98 Å². The zero-order chi connectivity index (χ0) is 10.6. The lowest BCUT2D eigenvalue weighted by Crippen LogP contribution is -2.33. The molecule has 1 heterocycles. The predicted molar refractivity (Wildman–Crippen MR) is 51.2 cm³/mol.